The number of carbonyl (C=O) groups is 3. The summed E-state index contributed by atoms with van der Waals surface area (Å²) < 4.78 is 0. The molecule has 0 aromatic heterocycles. The first-order valence-electron chi connectivity index (χ1n) is 6.13. The number of carbonyl (C=O) groups excluding carboxylic acids is 3. The van der Waals surface area contributed by atoms with Gasteiger partial charge in [-0.05, 0) is 26.3 Å². The molecule has 0 rings (SSSR count). The van der Waals surface area contributed by atoms with Crippen molar-refractivity contribution >= 4 is 30.1 Å². The summed E-state index contributed by atoms with van der Waals surface area (Å²) in [6.07, 6.45) is 1.81. The highest BCUT2D eigenvalue weighted by Gasteiger charge is 2.27. The summed E-state index contributed by atoms with van der Waals surface area (Å²) in [5.74, 6) is -1.69. The molecule has 0 aromatic rings. The lowest BCUT2D eigenvalue weighted by molar-refractivity contribution is -0.138. The first-order valence-corrected chi connectivity index (χ1v) is 6.76. The molecule has 2 atom stereocenters. The Hall–Kier alpha value is -0.960. The van der Waals surface area contributed by atoms with E-state index in [4.69, 9.17) is 11.5 Å². The third kappa shape index (κ3) is 7.26. The maximum Gasteiger partial charge on any atom is 0.243 e. The predicted molar refractivity (Wildman–Crippen MR) is 75.5 cm³/mol. The summed E-state index contributed by atoms with van der Waals surface area (Å²) >= 11 is 3.79. The van der Waals surface area contributed by atoms with Crippen LogP contribution in [-0.2, 0) is 14.4 Å². The number of nitrogens with one attached hydrogen (secondary N) is 2. The van der Waals surface area contributed by atoms with Gasteiger partial charge in [-0.15, -0.1) is 0 Å². The maximum atomic E-state index is 11.9. The van der Waals surface area contributed by atoms with E-state index in [1.54, 1.807) is 0 Å². The summed E-state index contributed by atoms with van der Waals surface area (Å²) in [4.78, 5) is 34.5. The van der Waals surface area contributed by atoms with Gasteiger partial charge in [0.2, 0.25) is 17.5 Å². The number of unbranched alkanes of at least 4 members (excludes halogenated alkanes) is 1. The summed E-state index contributed by atoms with van der Waals surface area (Å²) in [5.41, 5.74) is 15.6. The molecule has 0 saturated heterocycles. The Kier molecular flexibility index (Phi) is 9.40. The van der Waals surface area contributed by atoms with Crippen LogP contribution in [-0.4, -0.2) is 41.9 Å². The molecule has 19 heavy (non-hydrogen) atoms. The molecule has 0 aliphatic carbocycles. The van der Waals surface area contributed by atoms with Crippen LogP contribution in [0.25, 0.3) is 0 Å². The second kappa shape index (κ2) is 9.90. The van der Waals surface area contributed by atoms with Gasteiger partial charge in [0, 0.05) is 0 Å². The van der Waals surface area contributed by atoms with Crippen LogP contribution < -0.4 is 22.3 Å². The number of nitrogens with two attached hydrogens (primary N) is 2. The van der Waals surface area contributed by atoms with Crippen LogP contribution in [0.2, 0.25) is 0 Å². The number of rotatable bonds is 10. The van der Waals surface area contributed by atoms with Crippen LogP contribution in [0.15, 0.2) is 0 Å². The third-order valence-electron chi connectivity index (χ3n) is 2.45. The molecular weight excluding hydrogens is 268 g/mol. The normalized spacial score (nSPS) is 13.7. The van der Waals surface area contributed by atoms with E-state index in [0.29, 0.717) is 19.4 Å². The van der Waals surface area contributed by atoms with Gasteiger partial charge < -0.3 is 11.5 Å². The molecule has 7 nitrogen and oxygen atoms in total. The van der Waals surface area contributed by atoms with Crippen LogP contribution in [0.4, 0.5) is 0 Å². The van der Waals surface area contributed by atoms with E-state index >= 15 is 0 Å². The average molecular weight is 290 g/mol. The van der Waals surface area contributed by atoms with Crippen molar-refractivity contribution in [1.82, 2.24) is 10.9 Å². The lowest BCUT2D eigenvalue weighted by Crippen LogP contribution is -2.52. The Balaban J connectivity index is 4.51. The largest absolute Gasteiger partial charge is 0.330 e. The standard InChI is InChI=1S/C11H22N4O3S/c1-7(13)10(17)11(18)8(4-2-3-5-12)14-15-9(16)6-19/h7-8,14,19H,2-6,12-13H2,1H3,(H,15,16)/t7-,8-/m0/s1. The predicted octanol–water partition coefficient (Wildman–Crippen LogP) is -1.48. The highest BCUT2D eigenvalue weighted by atomic mass is 32.1. The first kappa shape index (κ1) is 18.0. The minimum atomic E-state index is -0.855. The zero-order valence-corrected chi connectivity index (χ0v) is 11.9. The van der Waals surface area contributed by atoms with E-state index in [9.17, 15) is 14.4 Å². The van der Waals surface area contributed by atoms with E-state index in [1.165, 1.54) is 6.92 Å². The van der Waals surface area contributed by atoms with E-state index in [-0.39, 0.29) is 11.7 Å². The van der Waals surface area contributed by atoms with Crippen molar-refractivity contribution in [2.45, 2.75) is 38.3 Å². The molecule has 0 saturated carbocycles. The average Bonchev–Trinajstić information content (AvgIpc) is 2.40. The molecule has 1 amide bonds. The Bertz CT molecular complexity index is 323. The minimum Gasteiger partial charge on any atom is -0.330 e. The smallest absolute Gasteiger partial charge is 0.243 e. The third-order valence-corrected chi connectivity index (χ3v) is 2.74. The van der Waals surface area contributed by atoms with Gasteiger partial charge in [-0.1, -0.05) is 6.42 Å². The molecule has 0 heterocycles. The Morgan fingerprint density at radius 3 is 2.32 bits per heavy atom. The highest BCUT2D eigenvalue weighted by Crippen LogP contribution is 2.03. The highest BCUT2D eigenvalue weighted by molar-refractivity contribution is 7.81. The molecule has 6 N–H and O–H groups in total. The lowest BCUT2D eigenvalue weighted by atomic mass is 10.00. The van der Waals surface area contributed by atoms with Crippen molar-refractivity contribution in [2.24, 2.45) is 11.5 Å². The monoisotopic (exact) mass is 290 g/mol. The molecule has 110 valence electrons. The van der Waals surface area contributed by atoms with Gasteiger partial charge in [0.25, 0.3) is 0 Å². The van der Waals surface area contributed by atoms with Gasteiger partial charge in [0.1, 0.15) is 0 Å². The number of Topliss-reactive ketones (excluding diaryl/α,β-unsaturated/α-hetero) is 2. The summed E-state index contributed by atoms with van der Waals surface area (Å²) in [6, 6.07) is -1.64. The molecule has 0 aliphatic rings. The molecule has 0 aromatic carbocycles. The van der Waals surface area contributed by atoms with Crippen molar-refractivity contribution in [2.75, 3.05) is 12.3 Å². The number of hydrogen-bond acceptors (Lipinski definition) is 7. The van der Waals surface area contributed by atoms with Crippen molar-refractivity contribution < 1.29 is 14.4 Å². The maximum absolute atomic E-state index is 11.9. The van der Waals surface area contributed by atoms with Gasteiger partial charge in [-0.2, -0.15) is 12.6 Å². The zero-order chi connectivity index (χ0) is 14.8. The summed E-state index contributed by atoms with van der Waals surface area (Å²) in [6.45, 7) is 1.95. The molecule has 0 fully saturated rings. The molecule has 0 aliphatic heterocycles. The fraction of sp³-hybridized carbons (Fsp3) is 0.727. The molecule has 0 unspecified atom stereocenters. The van der Waals surface area contributed by atoms with Crippen molar-refractivity contribution in [3.63, 3.8) is 0 Å². The molecular formula is C11H22N4O3S. The number of thiol groups is 1. The van der Waals surface area contributed by atoms with Crippen molar-refractivity contribution in [3.8, 4) is 0 Å². The van der Waals surface area contributed by atoms with Crippen LogP contribution >= 0.6 is 12.6 Å². The fourth-order valence-electron chi connectivity index (χ4n) is 1.36. The summed E-state index contributed by atoms with van der Waals surface area (Å²) in [5, 5.41) is 0. The zero-order valence-electron chi connectivity index (χ0n) is 11.0. The Labute approximate surface area is 118 Å². The van der Waals surface area contributed by atoms with Gasteiger partial charge >= 0.3 is 0 Å². The van der Waals surface area contributed by atoms with E-state index in [1.807, 2.05) is 0 Å². The van der Waals surface area contributed by atoms with Gasteiger partial charge in [-0.25, -0.2) is 5.43 Å². The van der Waals surface area contributed by atoms with Gasteiger partial charge in [0.15, 0.2) is 0 Å². The van der Waals surface area contributed by atoms with Crippen molar-refractivity contribution in [3.05, 3.63) is 0 Å². The van der Waals surface area contributed by atoms with E-state index in [0.717, 1.165) is 6.42 Å². The number of amides is 1. The van der Waals surface area contributed by atoms with Crippen LogP contribution in [0.5, 0.6) is 0 Å². The lowest BCUT2D eigenvalue weighted by Gasteiger charge is -2.18. The number of hydrazine groups is 1. The topological polar surface area (TPSA) is 127 Å². The van der Waals surface area contributed by atoms with Crippen LogP contribution in [0, 0.1) is 0 Å². The van der Waals surface area contributed by atoms with Gasteiger partial charge in [-0.3, -0.25) is 19.8 Å². The molecule has 0 spiro atoms. The van der Waals surface area contributed by atoms with Crippen LogP contribution in [0.1, 0.15) is 26.2 Å². The second-order valence-corrected chi connectivity index (χ2v) is 4.52. The van der Waals surface area contributed by atoms with Gasteiger partial charge in [0.05, 0.1) is 17.8 Å². The Morgan fingerprint density at radius 2 is 1.84 bits per heavy atom. The number of ketones is 2. The number of hydrogen-bond donors (Lipinski definition) is 5. The quantitative estimate of drug-likeness (QED) is 0.144. The molecule has 0 bridgehead atoms. The molecule has 0 radical (unpaired) electrons. The second-order valence-electron chi connectivity index (χ2n) is 4.20. The first-order chi connectivity index (χ1) is 8.93. The van der Waals surface area contributed by atoms with Crippen molar-refractivity contribution in [1.29, 1.82) is 0 Å². The SMILES string of the molecule is C[C@H](N)C(=O)C(=O)[C@H](CCCCN)NNC(=O)CS. The summed E-state index contributed by atoms with van der Waals surface area (Å²) in [7, 11) is 0. The van der Waals surface area contributed by atoms with Crippen LogP contribution in [0.3, 0.4) is 0 Å². The van der Waals surface area contributed by atoms with E-state index in [2.05, 4.69) is 23.5 Å². The van der Waals surface area contributed by atoms with E-state index < -0.39 is 23.7 Å². The molecule has 8 heteroatoms. The minimum absolute atomic E-state index is 0.0159. The fourth-order valence-corrected chi connectivity index (χ4v) is 1.44. The Morgan fingerprint density at radius 1 is 1.21 bits per heavy atom.